The minimum absolute atomic E-state index is 0.0103. The van der Waals surface area contributed by atoms with Crippen molar-refractivity contribution in [3.05, 3.63) is 51.6 Å². The van der Waals surface area contributed by atoms with Gasteiger partial charge in [-0.25, -0.2) is 0 Å². The first-order valence-corrected chi connectivity index (χ1v) is 14.5. The van der Waals surface area contributed by atoms with E-state index in [0.29, 0.717) is 6.42 Å². The quantitative estimate of drug-likeness (QED) is 0.330. The van der Waals surface area contributed by atoms with Crippen LogP contribution in [0, 0.1) is 0 Å². The lowest BCUT2D eigenvalue weighted by molar-refractivity contribution is -0.935. The Bertz CT molecular complexity index is 1540. The normalized spacial score (nSPS) is 34.7. The number of carbonyl (C=O) groups is 3. The first-order chi connectivity index (χ1) is 20.0. The summed E-state index contributed by atoms with van der Waals surface area (Å²) in [5.41, 5.74) is -2.62. The number of quaternary nitrogens is 1. The Morgan fingerprint density at radius 1 is 1.10 bits per heavy atom. The highest BCUT2D eigenvalue weighted by atomic mass is 16.7. The summed E-state index contributed by atoms with van der Waals surface area (Å²) in [7, 11) is 1.37. The van der Waals surface area contributed by atoms with Crippen molar-refractivity contribution in [1.29, 1.82) is 0 Å². The summed E-state index contributed by atoms with van der Waals surface area (Å²) in [6, 6.07) is 4.68. The lowest BCUT2D eigenvalue weighted by Gasteiger charge is -2.42. The highest BCUT2D eigenvalue weighted by molar-refractivity contribution is 6.31. The number of hydrogen-bond acceptors (Lipinski definition) is 10. The van der Waals surface area contributed by atoms with E-state index in [1.165, 1.54) is 31.1 Å². The number of phenolic OH excluding ortho intramolecular Hbond substituents is 2. The smallest absolute Gasteiger partial charge is 0.202 e. The molecular formula is C31H34NO10+. The van der Waals surface area contributed by atoms with Gasteiger partial charge in [-0.3, -0.25) is 14.4 Å². The molecule has 3 fully saturated rings. The average Bonchev–Trinajstić information content (AvgIpc) is 3.55. The molecule has 0 bridgehead atoms. The molecule has 3 saturated heterocycles. The maximum Gasteiger partial charge on any atom is 0.202 e. The lowest BCUT2D eigenvalue weighted by atomic mass is 9.72. The molecule has 3 heterocycles. The van der Waals surface area contributed by atoms with Gasteiger partial charge in [0.1, 0.15) is 35.0 Å². The molecule has 8 atom stereocenters. The van der Waals surface area contributed by atoms with Gasteiger partial charge in [-0.1, -0.05) is 12.1 Å². The summed E-state index contributed by atoms with van der Waals surface area (Å²) in [5, 5.41) is 34.6. The molecule has 5 aliphatic rings. The number of aliphatic hydroxyl groups is 1. The third kappa shape index (κ3) is 3.80. The van der Waals surface area contributed by atoms with Crippen molar-refractivity contribution in [2.24, 2.45) is 0 Å². The van der Waals surface area contributed by atoms with Crippen LogP contribution in [0.15, 0.2) is 18.2 Å². The second-order valence-electron chi connectivity index (χ2n) is 12.1. The van der Waals surface area contributed by atoms with E-state index in [4.69, 9.17) is 18.9 Å². The maximum absolute atomic E-state index is 13.8. The summed E-state index contributed by atoms with van der Waals surface area (Å²) >= 11 is 0. The van der Waals surface area contributed by atoms with Gasteiger partial charge in [-0.15, -0.1) is 0 Å². The molecule has 3 aliphatic heterocycles. The Kier molecular flexibility index (Phi) is 6.27. The number of nitrogens with one attached hydrogen (secondary N) is 1. The molecule has 222 valence electrons. The number of Topliss-reactive ketones (excluding diaryl/α,β-unsaturated/α-hetero) is 1. The zero-order valence-electron chi connectivity index (χ0n) is 23.6. The van der Waals surface area contributed by atoms with Crippen LogP contribution in [0.25, 0.3) is 0 Å². The monoisotopic (exact) mass is 580 g/mol. The average molecular weight is 581 g/mol. The zero-order chi connectivity index (χ0) is 29.7. The van der Waals surface area contributed by atoms with E-state index in [1.54, 1.807) is 6.07 Å². The van der Waals surface area contributed by atoms with Crippen LogP contribution in [0.5, 0.6) is 17.2 Å². The van der Waals surface area contributed by atoms with Gasteiger partial charge in [0.05, 0.1) is 49.0 Å². The molecule has 0 saturated carbocycles. The zero-order valence-corrected chi connectivity index (χ0v) is 23.6. The molecule has 11 heteroatoms. The summed E-state index contributed by atoms with van der Waals surface area (Å²) in [6.07, 6.45) is -0.176. The third-order valence-corrected chi connectivity index (χ3v) is 9.86. The highest BCUT2D eigenvalue weighted by Gasteiger charge is 2.56. The fourth-order valence-electron chi connectivity index (χ4n) is 7.79. The minimum Gasteiger partial charge on any atom is -0.507 e. The number of hydrogen-bond donors (Lipinski definition) is 4. The molecule has 0 spiro atoms. The van der Waals surface area contributed by atoms with E-state index in [1.807, 2.05) is 6.92 Å². The van der Waals surface area contributed by atoms with Gasteiger partial charge in [-0.05, 0) is 19.9 Å². The van der Waals surface area contributed by atoms with Crippen LogP contribution < -0.4 is 9.64 Å². The molecule has 11 nitrogen and oxygen atoms in total. The fraction of sp³-hybridized carbons (Fsp3) is 0.516. The van der Waals surface area contributed by atoms with Crippen LogP contribution in [0.1, 0.15) is 88.6 Å². The molecule has 2 unspecified atom stereocenters. The standard InChI is InChI=1S/C31H33NO10/c1-13-30-17(32-9-5-8-20(32)42-30)10-21(40-13)41-19-12-31(38,14(2)33)11-16-23(19)29(37)25-24(27(16)35)26(34)15-6-4-7-18(39-3)22(15)28(25)36/h4,6-7,13,17,19-21,30,35,37-38H,5,8-12H2,1-3H3/p+1/t13-,17-,19-,20?,21-,30+,31-/m0/s1. The summed E-state index contributed by atoms with van der Waals surface area (Å²) in [4.78, 5) is 41.5. The molecule has 2 aliphatic carbocycles. The number of aromatic hydroxyl groups is 2. The minimum atomic E-state index is -1.94. The number of carbonyl (C=O) groups excluding carboxylic acids is 3. The number of benzene rings is 2. The number of ether oxygens (including phenoxy) is 4. The van der Waals surface area contributed by atoms with Crippen molar-refractivity contribution in [2.45, 2.75) is 88.4 Å². The van der Waals surface area contributed by atoms with E-state index in [2.05, 4.69) is 0 Å². The van der Waals surface area contributed by atoms with Gasteiger partial charge in [0, 0.05) is 42.4 Å². The molecule has 4 N–H and O–H groups in total. The first kappa shape index (κ1) is 27.5. The molecule has 0 aromatic heterocycles. The van der Waals surface area contributed by atoms with Crippen molar-refractivity contribution in [2.75, 3.05) is 13.7 Å². The first-order valence-electron chi connectivity index (χ1n) is 14.5. The van der Waals surface area contributed by atoms with Crippen LogP contribution >= 0.6 is 0 Å². The van der Waals surface area contributed by atoms with E-state index in [0.717, 1.165) is 19.4 Å². The predicted molar refractivity (Wildman–Crippen MR) is 144 cm³/mol. The van der Waals surface area contributed by atoms with Crippen LogP contribution in [0.4, 0.5) is 0 Å². The van der Waals surface area contributed by atoms with Crippen LogP contribution in [0.3, 0.4) is 0 Å². The second kappa shape index (κ2) is 9.58. The lowest BCUT2D eigenvalue weighted by Crippen LogP contribution is -3.16. The number of ketones is 3. The second-order valence-corrected chi connectivity index (χ2v) is 12.1. The number of fused-ring (bicyclic) bond motifs is 6. The Morgan fingerprint density at radius 2 is 1.86 bits per heavy atom. The van der Waals surface area contributed by atoms with Crippen molar-refractivity contribution < 1.29 is 53.6 Å². The largest absolute Gasteiger partial charge is 0.507 e. The molecule has 0 radical (unpaired) electrons. The third-order valence-electron chi connectivity index (χ3n) is 9.86. The molecular weight excluding hydrogens is 546 g/mol. The van der Waals surface area contributed by atoms with Crippen molar-refractivity contribution in [1.82, 2.24) is 0 Å². The Balaban J connectivity index is 1.32. The molecule has 2 aromatic rings. The molecule has 42 heavy (non-hydrogen) atoms. The molecule has 7 rings (SSSR count). The highest BCUT2D eigenvalue weighted by Crippen LogP contribution is 2.52. The van der Waals surface area contributed by atoms with Crippen molar-refractivity contribution in [3.8, 4) is 17.2 Å². The number of rotatable bonds is 4. The van der Waals surface area contributed by atoms with Gasteiger partial charge in [-0.2, -0.15) is 0 Å². The van der Waals surface area contributed by atoms with Crippen LogP contribution in [-0.2, 0) is 25.4 Å². The number of phenols is 2. The summed E-state index contributed by atoms with van der Waals surface area (Å²) in [6.45, 7) is 4.15. The fourth-order valence-corrected chi connectivity index (χ4v) is 7.79. The predicted octanol–water partition coefficient (Wildman–Crippen LogP) is 1.11. The SMILES string of the molecule is COc1cccc2c1C(=O)c1c(O)c3c(c(O)c1C2=O)C[C@@](O)(C(C)=O)C[C@@H]3O[C@H]1C[C@H]2[C@H](OC3CCC[NH+]32)[C@H](C)O1. The van der Waals surface area contributed by atoms with Crippen molar-refractivity contribution in [3.63, 3.8) is 0 Å². The van der Waals surface area contributed by atoms with Crippen LogP contribution in [0.2, 0.25) is 0 Å². The van der Waals surface area contributed by atoms with E-state index in [9.17, 15) is 29.7 Å². The summed E-state index contributed by atoms with van der Waals surface area (Å²) in [5.74, 6) is -2.85. The van der Waals surface area contributed by atoms with Gasteiger partial charge in [0.2, 0.25) is 5.78 Å². The topological polar surface area (TPSA) is 153 Å². The number of methoxy groups -OCH3 is 1. The van der Waals surface area contributed by atoms with Gasteiger partial charge in [0.25, 0.3) is 0 Å². The van der Waals surface area contributed by atoms with E-state index < -0.39 is 46.8 Å². The maximum atomic E-state index is 13.8. The van der Waals surface area contributed by atoms with Gasteiger partial charge >= 0.3 is 0 Å². The van der Waals surface area contributed by atoms with Gasteiger partial charge in [0.15, 0.2) is 24.1 Å². The van der Waals surface area contributed by atoms with Crippen molar-refractivity contribution >= 4 is 17.3 Å². The van der Waals surface area contributed by atoms with E-state index >= 15 is 0 Å². The molecule has 0 amide bonds. The Labute approximate surface area is 241 Å². The Morgan fingerprint density at radius 3 is 2.60 bits per heavy atom. The Hall–Kier alpha value is -3.35. The van der Waals surface area contributed by atoms with Gasteiger partial charge < -0.3 is 39.2 Å². The molecule has 2 aromatic carbocycles. The summed E-state index contributed by atoms with van der Waals surface area (Å²) < 4.78 is 24.2. The van der Waals surface area contributed by atoms with Crippen LogP contribution in [-0.4, -0.2) is 82.7 Å². The van der Waals surface area contributed by atoms with E-state index in [-0.39, 0.29) is 76.4 Å².